The summed E-state index contributed by atoms with van der Waals surface area (Å²) in [4.78, 5) is 35.6. The summed E-state index contributed by atoms with van der Waals surface area (Å²) in [5.74, 6) is 0.00414. The highest BCUT2D eigenvalue weighted by Crippen LogP contribution is 2.61. The lowest BCUT2D eigenvalue weighted by molar-refractivity contribution is -0.126. The fourth-order valence-electron chi connectivity index (χ4n) is 6.50. The Morgan fingerprint density at radius 3 is 2.37 bits per heavy atom. The summed E-state index contributed by atoms with van der Waals surface area (Å²) in [5, 5.41) is 8.56. The van der Waals surface area contributed by atoms with Gasteiger partial charge in [0.25, 0.3) is 5.91 Å². The molecule has 2 bridgehead atoms. The van der Waals surface area contributed by atoms with Crippen molar-refractivity contribution in [3.05, 3.63) is 136 Å². The van der Waals surface area contributed by atoms with Crippen molar-refractivity contribution in [2.24, 2.45) is 5.41 Å². The molecule has 2 aromatic heterocycles. The molecule has 0 saturated carbocycles. The highest BCUT2D eigenvalue weighted by atomic mass is 32.1. The van der Waals surface area contributed by atoms with Crippen molar-refractivity contribution in [2.75, 3.05) is 5.32 Å². The van der Waals surface area contributed by atoms with E-state index in [9.17, 15) is 9.59 Å². The maximum absolute atomic E-state index is 14.0. The lowest BCUT2D eigenvalue weighted by Gasteiger charge is -2.50. The van der Waals surface area contributed by atoms with Gasteiger partial charge in [0.15, 0.2) is 5.13 Å². The Morgan fingerprint density at radius 1 is 0.927 bits per heavy atom. The van der Waals surface area contributed by atoms with Gasteiger partial charge < -0.3 is 10.6 Å². The molecular formula is C34H28N4O2S. The van der Waals surface area contributed by atoms with Crippen LogP contribution in [0.1, 0.15) is 63.4 Å². The number of amides is 2. The Kier molecular flexibility index (Phi) is 6.24. The molecule has 0 aliphatic heterocycles. The zero-order chi connectivity index (χ0) is 28.0. The largest absolute Gasteiger partial charge is 0.348 e. The molecule has 41 heavy (non-hydrogen) atoms. The predicted molar refractivity (Wildman–Crippen MR) is 161 cm³/mol. The van der Waals surface area contributed by atoms with E-state index in [1.54, 1.807) is 18.5 Å². The minimum Gasteiger partial charge on any atom is -0.348 e. The minimum atomic E-state index is -0.606. The average molecular weight is 557 g/mol. The highest BCUT2D eigenvalue weighted by Gasteiger charge is 2.54. The molecule has 8 rings (SSSR count). The molecule has 0 fully saturated rings. The molecule has 202 valence electrons. The summed E-state index contributed by atoms with van der Waals surface area (Å²) in [6.07, 6.45) is 4.20. The van der Waals surface area contributed by atoms with Gasteiger partial charge in [-0.3, -0.25) is 14.6 Å². The Bertz CT molecular complexity index is 1740. The van der Waals surface area contributed by atoms with Gasteiger partial charge in [-0.05, 0) is 59.4 Å². The summed E-state index contributed by atoms with van der Waals surface area (Å²) in [6.45, 7) is 2.49. The molecule has 2 N–H and O–H groups in total. The highest BCUT2D eigenvalue weighted by molar-refractivity contribution is 7.14. The number of benzene rings is 3. The van der Waals surface area contributed by atoms with Crippen LogP contribution < -0.4 is 10.6 Å². The van der Waals surface area contributed by atoms with Gasteiger partial charge in [0.1, 0.15) is 0 Å². The van der Waals surface area contributed by atoms with E-state index >= 15 is 0 Å². The molecule has 1 atom stereocenters. The molecule has 3 aliphatic rings. The number of hydrogen-bond donors (Lipinski definition) is 2. The summed E-state index contributed by atoms with van der Waals surface area (Å²) in [5.41, 5.74) is 7.59. The van der Waals surface area contributed by atoms with Gasteiger partial charge in [-0.2, -0.15) is 0 Å². The number of carbonyl (C=O) groups is 2. The summed E-state index contributed by atoms with van der Waals surface area (Å²) in [7, 11) is 0. The van der Waals surface area contributed by atoms with E-state index in [2.05, 4.69) is 71.1 Å². The number of thiazole rings is 1. The first kappa shape index (κ1) is 25.4. The van der Waals surface area contributed by atoms with Crippen molar-refractivity contribution >= 4 is 28.3 Å². The summed E-state index contributed by atoms with van der Waals surface area (Å²) < 4.78 is 0. The van der Waals surface area contributed by atoms with Crippen LogP contribution >= 0.6 is 11.3 Å². The zero-order valence-electron chi connectivity index (χ0n) is 22.5. The van der Waals surface area contributed by atoms with Crippen LogP contribution in [0.25, 0.3) is 11.3 Å². The molecule has 7 heteroatoms. The van der Waals surface area contributed by atoms with E-state index in [1.165, 1.54) is 33.6 Å². The third-order valence-electron chi connectivity index (χ3n) is 8.47. The number of fused-ring (bicyclic) bond motifs is 1. The second-order valence-electron chi connectivity index (χ2n) is 11.0. The van der Waals surface area contributed by atoms with E-state index in [1.807, 2.05) is 35.7 Å². The van der Waals surface area contributed by atoms with Crippen molar-refractivity contribution in [1.29, 1.82) is 0 Å². The summed E-state index contributed by atoms with van der Waals surface area (Å²) >= 11 is 1.40. The van der Waals surface area contributed by atoms with Crippen molar-refractivity contribution in [1.82, 2.24) is 15.3 Å². The number of pyridine rings is 1. The fraction of sp³-hybridized carbons (Fsp3) is 0.176. The van der Waals surface area contributed by atoms with Crippen LogP contribution in [-0.4, -0.2) is 21.8 Å². The number of anilines is 1. The van der Waals surface area contributed by atoms with Gasteiger partial charge in [0.05, 0.1) is 11.1 Å². The van der Waals surface area contributed by atoms with E-state index in [0.29, 0.717) is 17.2 Å². The fourth-order valence-corrected chi connectivity index (χ4v) is 7.21. The van der Waals surface area contributed by atoms with Crippen LogP contribution in [0.5, 0.6) is 0 Å². The number of hydrogen-bond acceptors (Lipinski definition) is 5. The molecular weight excluding hydrogens is 528 g/mol. The van der Waals surface area contributed by atoms with Gasteiger partial charge >= 0.3 is 0 Å². The number of rotatable bonds is 6. The van der Waals surface area contributed by atoms with E-state index < -0.39 is 5.41 Å². The third-order valence-corrected chi connectivity index (χ3v) is 9.23. The number of nitrogens with zero attached hydrogens (tertiary/aromatic N) is 2. The summed E-state index contributed by atoms with van der Waals surface area (Å²) in [6, 6.07) is 28.2. The smallest absolute Gasteiger partial charge is 0.251 e. The van der Waals surface area contributed by atoms with E-state index in [-0.39, 0.29) is 23.7 Å². The van der Waals surface area contributed by atoms with E-state index in [0.717, 1.165) is 23.2 Å². The van der Waals surface area contributed by atoms with E-state index in [4.69, 9.17) is 4.98 Å². The molecule has 5 aromatic rings. The van der Waals surface area contributed by atoms with Crippen LogP contribution in [0.4, 0.5) is 5.13 Å². The predicted octanol–water partition coefficient (Wildman–Crippen LogP) is 6.76. The lowest BCUT2D eigenvalue weighted by Crippen LogP contribution is -2.47. The topological polar surface area (TPSA) is 84.0 Å². The molecule has 3 aromatic carbocycles. The van der Waals surface area contributed by atoms with Crippen LogP contribution in [-0.2, 0) is 11.3 Å². The van der Waals surface area contributed by atoms with Crippen LogP contribution in [0.15, 0.2) is 103 Å². The van der Waals surface area contributed by atoms with Gasteiger partial charge in [0.2, 0.25) is 5.91 Å². The minimum absolute atomic E-state index is 0.0128. The van der Waals surface area contributed by atoms with Crippen molar-refractivity contribution in [2.45, 2.75) is 31.7 Å². The lowest BCUT2D eigenvalue weighted by atomic mass is 9.52. The quantitative estimate of drug-likeness (QED) is 0.242. The normalized spacial score (nSPS) is 20.1. The molecule has 3 aliphatic carbocycles. The third kappa shape index (κ3) is 4.43. The molecule has 0 radical (unpaired) electrons. The Morgan fingerprint density at radius 2 is 1.66 bits per heavy atom. The first-order valence-electron chi connectivity index (χ1n) is 13.7. The zero-order valence-corrected chi connectivity index (χ0v) is 23.3. The maximum Gasteiger partial charge on any atom is 0.251 e. The molecule has 1 unspecified atom stereocenters. The Balaban J connectivity index is 1.10. The second kappa shape index (κ2) is 10.1. The van der Waals surface area contributed by atoms with Gasteiger partial charge in [0, 0.05) is 47.3 Å². The second-order valence-corrected chi connectivity index (χ2v) is 11.8. The van der Waals surface area contributed by atoms with Crippen molar-refractivity contribution < 1.29 is 9.59 Å². The van der Waals surface area contributed by atoms with Crippen LogP contribution in [0.2, 0.25) is 0 Å². The molecule has 0 spiro atoms. The SMILES string of the molecule is CC1(C(=O)Nc2nc(-c3cccc(C(=O)NCc4cccnc4)c3)cs2)CC2c3ccccc3C1c1ccccc12. The Hall–Kier alpha value is -4.62. The monoisotopic (exact) mass is 556 g/mol. The number of carbonyl (C=O) groups excluding carboxylic acids is 2. The van der Waals surface area contributed by atoms with Gasteiger partial charge in [-0.25, -0.2) is 4.98 Å². The van der Waals surface area contributed by atoms with Gasteiger partial charge in [-0.1, -0.05) is 66.7 Å². The number of aromatic nitrogens is 2. The molecule has 2 heterocycles. The molecule has 6 nitrogen and oxygen atoms in total. The van der Waals surface area contributed by atoms with Crippen molar-refractivity contribution in [3.63, 3.8) is 0 Å². The number of nitrogens with one attached hydrogen (secondary N) is 2. The molecule has 2 amide bonds. The maximum atomic E-state index is 14.0. The Labute approximate surface area is 242 Å². The average Bonchev–Trinajstić information content (AvgIpc) is 3.49. The van der Waals surface area contributed by atoms with Crippen LogP contribution in [0, 0.1) is 5.41 Å². The van der Waals surface area contributed by atoms with Crippen LogP contribution in [0.3, 0.4) is 0 Å². The first-order valence-corrected chi connectivity index (χ1v) is 14.6. The first-order chi connectivity index (χ1) is 20.0. The van der Waals surface area contributed by atoms with Gasteiger partial charge in [-0.15, -0.1) is 11.3 Å². The molecule has 0 saturated heterocycles. The standard InChI is InChI=1S/C34H28N4O2S/c1-34(17-28-24-11-2-4-13-26(24)30(34)27-14-5-3-12-25(27)28)32(40)38-33-37-29(20-41-33)22-9-6-10-23(16-22)31(39)36-19-21-8-7-15-35-18-21/h2-16,18,20,28,30H,17,19H2,1H3,(H,36,39)(H,37,38,40). The van der Waals surface area contributed by atoms with Crippen molar-refractivity contribution in [3.8, 4) is 11.3 Å².